The number of pyridine rings is 1. The Morgan fingerprint density at radius 3 is 2.82 bits per heavy atom. The van der Waals surface area contributed by atoms with Gasteiger partial charge >= 0.3 is 0 Å². The molecule has 0 radical (unpaired) electrons. The Kier molecular flexibility index (Phi) is 4.77. The summed E-state index contributed by atoms with van der Waals surface area (Å²) in [5.41, 5.74) is 1.21. The van der Waals surface area contributed by atoms with Crippen LogP contribution >= 0.6 is 11.6 Å². The van der Waals surface area contributed by atoms with Gasteiger partial charge in [-0.2, -0.15) is 0 Å². The number of aromatic nitrogens is 1. The van der Waals surface area contributed by atoms with Crippen LogP contribution in [0.4, 0.5) is 0 Å². The largest absolute Gasteiger partial charge is 0.381 e. The highest BCUT2D eigenvalue weighted by Crippen LogP contribution is 2.16. The maximum absolute atomic E-state index is 5.77. The molecule has 0 aliphatic carbocycles. The normalized spacial score (nSPS) is 17.6. The van der Waals surface area contributed by atoms with E-state index in [1.807, 2.05) is 18.3 Å². The molecule has 1 fully saturated rings. The van der Waals surface area contributed by atoms with Crippen molar-refractivity contribution in [1.29, 1.82) is 0 Å². The fourth-order valence-corrected chi connectivity index (χ4v) is 2.36. The SMILES string of the molecule is CN(Cc1ccc(Cl)nc1)CC1CCOCC1. The van der Waals surface area contributed by atoms with Gasteiger partial charge in [-0.1, -0.05) is 17.7 Å². The summed E-state index contributed by atoms with van der Waals surface area (Å²) < 4.78 is 5.37. The molecule has 0 aromatic carbocycles. The first kappa shape index (κ1) is 12.8. The Balaban J connectivity index is 1.79. The predicted octanol–water partition coefficient (Wildman–Crippen LogP) is 2.59. The highest BCUT2D eigenvalue weighted by atomic mass is 35.5. The quantitative estimate of drug-likeness (QED) is 0.773. The molecular formula is C13H19ClN2O. The first-order valence-corrected chi connectivity index (χ1v) is 6.48. The van der Waals surface area contributed by atoms with Crippen LogP contribution < -0.4 is 0 Å². The van der Waals surface area contributed by atoms with Crippen molar-refractivity contribution in [3.05, 3.63) is 29.0 Å². The topological polar surface area (TPSA) is 25.4 Å². The van der Waals surface area contributed by atoms with Crippen molar-refractivity contribution in [2.45, 2.75) is 19.4 Å². The number of nitrogens with zero attached hydrogens (tertiary/aromatic N) is 2. The van der Waals surface area contributed by atoms with E-state index >= 15 is 0 Å². The van der Waals surface area contributed by atoms with Crippen LogP contribution in [0.15, 0.2) is 18.3 Å². The fraction of sp³-hybridized carbons (Fsp3) is 0.615. The smallest absolute Gasteiger partial charge is 0.129 e. The van der Waals surface area contributed by atoms with Gasteiger partial charge in [0.2, 0.25) is 0 Å². The highest BCUT2D eigenvalue weighted by Gasteiger charge is 2.15. The van der Waals surface area contributed by atoms with E-state index in [9.17, 15) is 0 Å². The lowest BCUT2D eigenvalue weighted by atomic mass is 10.00. The lowest BCUT2D eigenvalue weighted by Crippen LogP contribution is -2.29. The van der Waals surface area contributed by atoms with Gasteiger partial charge in [0.1, 0.15) is 5.15 Å². The molecule has 2 heterocycles. The minimum atomic E-state index is 0.556. The molecule has 4 heteroatoms. The molecule has 0 atom stereocenters. The number of hydrogen-bond donors (Lipinski definition) is 0. The molecule has 3 nitrogen and oxygen atoms in total. The summed E-state index contributed by atoms with van der Waals surface area (Å²) in [4.78, 5) is 6.45. The Morgan fingerprint density at radius 2 is 2.18 bits per heavy atom. The Bertz CT molecular complexity index is 336. The molecule has 1 aliphatic rings. The molecule has 1 saturated heterocycles. The van der Waals surface area contributed by atoms with Crippen LogP contribution in [0.2, 0.25) is 5.15 Å². The minimum absolute atomic E-state index is 0.556. The zero-order chi connectivity index (χ0) is 12.1. The van der Waals surface area contributed by atoms with Crippen molar-refractivity contribution in [3.8, 4) is 0 Å². The number of rotatable bonds is 4. The molecule has 17 heavy (non-hydrogen) atoms. The van der Waals surface area contributed by atoms with Crippen molar-refractivity contribution in [2.75, 3.05) is 26.8 Å². The Morgan fingerprint density at radius 1 is 1.41 bits per heavy atom. The third-order valence-electron chi connectivity index (χ3n) is 3.15. The minimum Gasteiger partial charge on any atom is -0.381 e. The van der Waals surface area contributed by atoms with Gasteiger partial charge < -0.3 is 9.64 Å². The third kappa shape index (κ3) is 4.26. The van der Waals surface area contributed by atoms with Crippen molar-refractivity contribution in [3.63, 3.8) is 0 Å². The van der Waals surface area contributed by atoms with Crippen LogP contribution in [0.1, 0.15) is 18.4 Å². The van der Waals surface area contributed by atoms with Gasteiger partial charge in [-0.3, -0.25) is 0 Å². The van der Waals surface area contributed by atoms with E-state index in [1.165, 1.54) is 18.4 Å². The van der Waals surface area contributed by atoms with E-state index < -0.39 is 0 Å². The molecule has 0 spiro atoms. The van der Waals surface area contributed by atoms with Crippen LogP contribution in [-0.2, 0) is 11.3 Å². The van der Waals surface area contributed by atoms with Gasteiger partial charge in [-0.25, -0.2) is 4.98 Å². The number of hydrogen-bond acceptors (Lipinski definition) is 3. The summed E-state index contributed by atoms with van der Waals surface area (Å²) in [6.45, 7) is 3.90. The summed E-state index contributed by atoms with van der Waals surface area (Å²) in [5.74, 6) is 0.772. The molecule has 0 amide bonds. The maximum Gasteiger partial charge on any atom is 0.129 e. The molecular weight excluding hydrogens is 236 g/mol. The van der Waals surface area contributed by atoms with Crippen LogP contribution in [0.5, 0.6) is 0 Å². The van der Waals surface area contributed by atoms with E-state index in [1.54, 1.807) is 0 Å². The second-order valence-electron chi connectivity index (χ2n) is 4.74. The van der Waals surface area contributed by atoms with E-state index in [0.29, 0.717) is 5.15 Å². The lowest BCUT2D eigenvalue weighted by molar-refractivity contribution is 0.0549. The van der Waals surface area contributed by atoms with Crippen molar-refractivity contribution in [2.24, 2.45) is 5.92 Å². The molecule has 1 aliphatic heterocycles. The van der Waals surface area contributed by atoms with Gasteiger partial charge in [-0.05, 0) is 37.4 Å². The summed E-state index contributed by atoms with van der Waals surface area (Å²) in [6, 6.07) is 3.88. The standard InChI is InChI=1S/C13H19ClN2O/c1-16(9-11-4-6-17-7-5-11)10-12-2-3-13(14)15-8-12/h2-3,8,11H,4-7,9-10H2,1H3. The molecule has 0 N–H and O–H groups in total. The van der Waals surface area contributed by atoms with Gasteiger partial charge in [0, 0.05) is 32.5 Å². The van der Waals surface area contributed by atoms with Crippen LogP contribution in [0, 0.1) is 5.92 Å². The second kappa shape index (κ2) is 6.34. The van der Waals surface area contributed by atoms with E-state index in [0.717, 1.165) is 32.2 Å². The van der Waals surface area contributed by atoms with E-state index in [-0.39, 0.29) is 0 Å². The molecule has 1 aromatic rings. The average molecular weight is 255 g/mol. The van der Waals surface area contributed by atoms with Gasteiger partial charge in [0.15, 0.2) is 0 Å². The molecule has 0 saturated carbocycles. The van der Waals surface area contributed by atoms with Gasteiger partial charge in [-0.15, -0.1) is 0 Å². The summed E-state index contributed by atoms with van der Waals surface area (Å²) in [7, 11) is 2.16. The first-order chi connectivity index (χ1) is 8.24. The molecule has 1 aromatic heterocycles. The van der Waals surface area contributed by atoms with E-state index in [2.05, 4.69) is 16.9 Å². The summed E-state index contributed by atoms with van der Waals surface area (Å²) in [5, 5.41) is 0.556. The van der Waals surface area contributed by atoms with Crippen LogP contribution in [0.3, 0.4) is 0 Å². The Hall–Kier alpha value is -0.640. The van der Waals surface area contributed by atoms with Crippen molar-refractivity contribution in [1.82, 2.24) is 9.88 Å². The second-order valence-corrected chi connectivity index (χ2v) is 5.13. The summed E-state index contributed by atoms with van der Waals surface area (Å²) >= 11 is 5.77. The van der Waals surface area contributed by atoms with E-state index in [4.69, 9.17) is 16.3 Å². The van der Waals surface area contributed by atoms with Gasteiger partial charge in [0.25, 0.3) is 0 Å². The van der Waals surface area contributed by atoms with Crippen molar-refractivity contribution < 1.29 is 4.74 Å². The molecule has 0 bridgehead atoms. The zero-order valence-electron chi connectivity index (χ0n) is 10.2. The fourth-order valence-electron chi connectivity index (χ4n) is 2.25. The molecule has 0 unspecified atom stereocenters. The number of halogens is 1. The summed E-state index contributed by atoms with van der Waals surface area (Å²) in [6.07, 6.45) is 4.22. The monoisotopic (exact) mass is 254 g/mol. The first-order valence-electron chi connectivity index (χ1n) is 6.11. The molecule has 2 rings (SSSR count). The number of ether oxygens (including phenoxy) is 1. The van der Waals surface area contributed by atoms with Crippen molar-refractivity contribution >= 4 is 11.6 Å². The molecule has 94 valence electrons. The highest BCUT2D eigenvalue weighted by molar-refractivity contribution is 6.29. The van der Waals surface area contributed by atoms with Crippen LogP contribution in [0.25, 0.3) is 0 Å². The van der Waals surface area contributed by atoms with Gasteiger partial charge in [0.05, 0.1) is 0 Å². The zero-order valence-corrected chi connectivity index (χ0v) is 11.0. The predicted molar refractivity (Wildman–Crippen MR) is 69.1 cm³/mol. The van der Waals surface area contributed by atoms with Crippen LogP contribution in [-0.4, -0.2) is 36.7 Å². The lowest BCUT2D eigenvalue weighted by Gasteiger charge is -2.27. The Labute approximate surface area is 108 Å². The third-order valence-corrected chi connectivity index (χ3v) is 3.38. The average Bonchev–Trinajstić information content (AvgIpc) is 2.33. The maximum atomic E-state index is 5.77.